The van der Waals surface area contributed by atoms with Gasteiger partial charge in [-0.15, -0.1) is 0 Å². The summed E-state index contributed by atoms with van der Waals surface area (Å²) in [4.78, 5) is 10.5. The highest BCUT2D eigenvalue weighted by Crippen LogP contribution is 2.17. The molecule has 1 aromatic heterocycles. The predicted octanol–water partition coefficient (Wildman–Crippen LogP) is 3.08. The second-order valence-corrected chi connectivity index (χ2v) is 5.32. The molecule has 0 spiro atoms. The Labute approximate surface area is 113 Å². The number of halogens is 2. The molecule has 0 radical (unpaired) electrons. The van der Waals surface area contributed by atoms with Crippen molar-refractivity contribution in [2.45, 2.75) is 19.3 Å². The zero-order chi connectivity index (χ0) is 11.1. The van der Waals surface area contributed by atoms with Crippen LogP contribution in [0, 0.1) is 3.57 Å². The van der Waals surface area contributed by atoms with Gasteiger partial charge in [0, 0.05) is 25.1 Å². The molecule has 0 fully saturated rings. The molecular formula is C10H15BrIN3. The average Bonchev–Trinajstić information content (AvgIpc) is 2.25. The highest BCUT2D eigenvalue weighted by molar-refractivity contribution is 14.1. The van der Waals surface area contributed by atoms with Gasteiger partial charge in [0.2, 0.25) is 0 Å². The number of aromatic nitrogens is 2. The van der Waals surface area contributed by atoms with Crippen molar-refractivity contribution >= 4 is 44.3 Å². The first-order valence-corrected chi connectivity index (χ1v) is 7.18. The summed E-state index contributed by atoms with van der Waals surface area (Å²) >= 11 is 5.71. The molecule has 15 heavy (non-hydrogen) atoms. The second-order valence-electron chi connectivity index (χ2n) is 3.37. The smallest absolute Gasteiger partial charge is 0.145 e. The zero-order valence-electron chi connectivity index (χ0n) is 8.79. The number of hydrogen-bond donors (Lipinski definition) is 0. The van der Waals surface area contributed by atoms with Crippen LogP contribution in [0.15, 0.2) is 12.5 Å². The molecule has 0 saturated heterocycles. The third kappa shape index (κ3) is 4.63. The SMILES string of the molecule is CN(CCCCCBr)c1ncncc1I. The van der Waals surface area contributed by atoms with E-state index in [1.807, 2.05) is 6.20 Å². The molecule has 1 heterocycles. The lowest BCUT2D eigenvalue weighted by atomic mass is 10.2. The van der Waals surface area contributed by atoms with E-state index in [0.717, 1.165) is 21.3 Å². The van der Waals surface area contributed by atoms with Crippen molar-refractivity contribution in [1.29, 1.82) is 0 Å². The van der Waals surface area contributed by atoms with Crippen molar-refractivity contribution in [3.8, 4) is 0 Å². The summed E-state index contributed by atoms with van der Waals surface area (Å²) in [5, 5.41) is 1.10. The lowest BCUT2D eigenvalue weighted by Crippen LogP contribution is -2.20. The van der Waals surface area contributed by atoms with Crippen LogP contribution < -0.4 is 4.90 Å². The minimum absolute atomic E-state index is 1.03. The molecule has 0 aromatic carbocycles. The quantitative estimate of drug-likeness (QED) is 0.429. The fourth-order valence-electron chi connectivity index (χ4n) is 1.31. The van der Waals surface area contributed by atoms with Gasteiger partial charge in [-0.25, -0.2) is 9.97 Å². The monoisotopic (exact) mass is 383 g/mol. The van der Waals surface area contributed by atoms with Gasteiger partial charge in [-0.05, 0) is 35.4 Å². The van der Waals surface area contributed by atoms with E-state index < -0.39 is 0 Å². The molecule has 0 N–H and O–H groups in total. The molecule has 0 unspecified atom stereocenters. The molecule has 0 bridgehead atoms. The van der Waals surface area contributed by atoms with Gasteiger partial charge < -0.3 is 4.90 Å². The van der Waals surface area contributed by atoms with E-state index in [-0.39, 0.29) is 0 Å². The first-order chi connectivity index (χ1) is 7.25. The Morgan fingerprint density at radius 3 is 2.87 bits per heavy atom. The molecule has 3 nitrogen and oxygen atoms in total. The highest BCUT2D eigenvalue weighted by atomic mass is 127. The maximum absolute atomic E-state index is 4.28. The van der Waals surface area contributed by atoms with Crippen molar-refractivity contribution in [2.75, 3.05) is 23.8 Å². The summed E-state index contributed by atoms with van der Waals surface area (Å²) in [6.45, 7) is 1.06. The summed E-state index contributed by atoms with van der Waals surface area (Å²) in [6, 6.07) is 0. The van der Waals surface area contributed by atoms with Gasteiger partial charge in [0.05, 0.1) is 3.57 Å². The molecule has 1 aromatic rings. The van der Waals surface area contributed by atoms with E-state index in [4.69, 9.17) is 0 Å². The van der Waals surface area contributed by atoms with Gasteiger partial charge in [-0.2, -0.15) is 0 Å². The summed E-state index contributed by atoms with van der Waals surface area (Å²) in [6.07, 6.45) is 7.17. The van der Waals surface area contributed by atoms with Crippen molar-refractivity contribution in [1.82, 2.24) is 9.97 Å². The number of alkyl halides is 1. The van der Waals surface area contributed by atoms with Crippen LogP contribution in [0.1, 0.15) is 19.3 Å². The van der Waals surface area contributed by atoms with Crippen LogP contribution in [0.3, 0.4) is 0 Å². The molecule has 1 rings (SSSR count). The first kappa shape index (κ1) is 13.2. The zero-order valence-corrected chi connectivity index (χ0v) is 12.5. The van der Waals surface area contributed by atoms with E-state index >= 15 is 0 Å². The minimum Gasteiger partial charge on any atom is -0.359 e. The molecule has 0 amide bonds. The number of unbranched alkanes of at least 4 members (excludes halogenated alkanes) is 2. The van der Waals surface area contributed by atoms with Gasteiger partial charge in [0.15, 0.2) is 0 Å². The molecule has 0 aliphatic rings. The fraction of sp³-hybridized carbons (Fsp3) is 0.600. The van der Waals surface area contributed by atoms with Crippen LogP contribution in [0.4, 0.5) is 5.82 Å². The summed E-state index contributed by atoms with van der Waals surface area (Å²) < 4.78 is 1.11. The largest absolute Gasteiger partial charge is 0.359 e. The molecule has 84 valence electrons. The molecule has 0 aliphatic carbocycles. The van der Waals surface area contributed by atoms with Crippen molar-refractivity contribution < 1.29 is 0 Å². The van der Waals surface area contributed by atoms with Crippen LogP contribution >= 0.6 is 38.5 Å². The van der Waals surface area contributed by atoms with E-state index in [9.17, 15) is 0 Å². The van der Waals surface area contributed by atoms with E-state index in [0.29, 0.717) is 0 Å². The molecule has 5 heteroatoms. The molecular weight excluding hydrogens is 369 g/mol. The number of hydrogen-bond acceptors (Lipinski definition) is 3. The first-order valence-electron chi connectivity index (χ1n) is 4.98. The Hall–Kier alpha value is 0.0900. The molecule has 0 aliphatic heterocycles. The third-order valence-electron chi connectivity index (χ3n) is 2.14. The lowest BCUT2D eigenvalue weighted by Gasteiger charge is -2.18. The second kappa shape index (κ2) is 7.38. The van der Waals surface area contributed by atoms with Crippen molar-refractivity contribution in [2.24, 2.45) is 0 Å². The van der Waals surface area contributed by atoms with Crippen LogP contribution in [-0.2, 0) is 0 Å². The van der Waals surface area contributed by atoms with Gasteiger partial charge in [0.1, 0.15) is 12.1 Å². The van der Waals surface area contributed by atoms with Crippen LogP contribution in [-0.4, -0.2) is 28.9 Å². The summed E-state index contributed by atoms with van der Waals surface area (Å²) in [7, 11) is 2.08. The lowest BCUT2D eigenvalue weighted by molar-refractivity contribution is 0.705. The van der Waals surface area contributed by atoms with E-state index in [2.05, 4.69) is 60.4 Å². The Kier molecular flexibility index (Phi) is 6.47. The molecule has 0 atom stereocenters. The number of nitrogens with zero attached hydrogens (tertiary/aromatic N) is 3. The third-order valence-corrected chi connectivity index (χ3v) is 3.46. The van der Waals surface area contributed by atoms with E-state index in [1.165, 1.54) is 19.3 Å². The van der Waals surface area contributed by atoms with Crippen LogP contribution in [0.2, 0.25) is 0 Å². The maximum atomic E-state index is 4.28. The molecule has 0 saturated carbocycles. The highest BCUT2D eigenvalue weighted by Gasteiger charge is 2.05. The standard InChI is InChI=1S/C10H15BrIN3/c1-15(6-4-2-3-5-11)10-9(12)7-13-8-14-10/h7-8H,2-6H2,1H3. The number of rotatable bonds is 6. The van der Waals surface area contributed by atoms with E-state index in [1.54, 1.807) is 6.33 Å². The Bertz CT molecular complexity index is 296. The summed E-state index contributed by atoms with van der Waals surface area (Å²) in [5.41, 5.74) is 0. The van der Waals surface area contributed by atoms with Crippen LogP contribution in [0.25, 0.3) is 0 Å². The van der Waals surface area contributed by atoms with Crippen LogP contribution in [0.5, 0.6) is 0 Å². The normalized spacial score (nSPS) is 10.3. The Morgan fingerprint density at radius 2 is 2.20 bits per heavy atom. The Morgan fingerprint density at radius 1 is 1.40 bits per heavy atom. The minimum atomic E-state index is 1.03. The number of anilines is 1. The topological polar surface area (TPSA) is 29.0 Å². The van der Waals surface area contributed by atoms with Crippen molar-refractivity contribution in [3.63, 3.8) is 0 Å². The van der Waals surface area contributed by atoms with Gasteiger partial charge in [-0.3, -0.25) is 0 Å². The van der Waals surface area contributed by atoms with Gasteiger partial charge in [-0.1, -0.05) is 22.4 Å². The van der Waals surface area contributed by atoms with Crippen molar-refractivity contribution in [3.05, 3.63) is 16.1 Å². The predicted molar refractivity (Wildman–Crippen MR) is 75.7 cm³/mol. The summed E-state index contributed by atoms with van der Waals surface area (Å²) in [5.74, 6) is 1.03. The van der Waals surface area contributed by atoms with Gasteiger partial charge >= 0.3 is 0 Å². The maximum Gasteiger partial charge on any atom is 0.145 e. The Balaban J connectivity index is 2.40. The fourth-order valence-corrected chi connectivity index (χ4v) is 2.42. The average molecular weight is 384 g/mol. The van der Waals surface area contributed by atoms with Gasteiger partial charge in [0.25, 0.3) is 0 Å².